The number of hydrogen-bond acceptors (Lipinski definition) is 5. The number of halogens is 1. The van der Waals surface area contributed by atoms with E-state index in [-0.39, 0.29) is 17.8 Å². The van der Waals surface area contributed by atoms with E-state index < -0.39 is 5.82 Å². The van der Waals surface area contributed by atoms with Gasteiger partial charge in [-0.3, -0.25) is 0 Å². The molecule has 1 heterocycles. The van der Waals surface area contributed by atoms with Crippen LogP contribution in [0.15, 0.2) is 36.7 Å². The SMILES string of the molecule is COc1ccc([C@H](C)NC(=O)NCCNc2ncccn2)cc1F. The van der Waals surface area contributed by atoms with E-state index in [9.17, 15) is 9.18 Å². The summed E-state index contributed by atoms with van der Waals surface area (Å²) in [7, 11) is 1.40. The van der Waals surface area contributed by atoms with Gasteiger partial charge < -0.3 is 20.7 Å². The summed E-state index contributed by atoms with van der Waals surface area (Å²) in [5.74, 6) is 0.211. The molecule has 0 spiro atoms. The highest BCUT2D eigenvalue weighted by atomic mass is 19.1. The van der Waals surface area contributed by atoms with E-state index in [0.717, 1.165) is 0 Å². The fourth-order valence-corrected chi connectivity index (χ4v) is 2.02. The highest BCUT2D eigenvalue weighted by molar-refractivity contribution is 5.74. The molecule has 0 bridgehead atoms. The first kappa shape index (κ1) is 17.5. The average molecular weight is 333 g/mol. The molecule has 0 aliphatic carbocycles. The number of rotatable bonds is 7. The minimum Gasteiger partial charge on any atom is -0.494 e. The van der Waals surface area contributed by atoms with Crippen LogP contribution in [0.2, 0.25) is 0 Å². The number of amides is 2. The Balaban J connectivity index is 1.74. The lowest BCUT2D eigenvalue weighted by Gasteiger charge is -2.16. The van der Waals surface area contributed by atoms with Gasteiger partial charge in [0.15, 0.2) is 11.6 Å². The normalized spacial score (nSPS) is 11.5. The number of nitrogens with zero attached hydrogens (tertiary/aromatic N) is 2. The maximum Gasteiger partial charge on any atom is 0.315 e. The van der Waals surface area contributed by atoms with Crippen LogP contribution >= 0.6 is 0 Å². The predicted molar refractivity (Wildman–Crippen MR) is 88.4 cm³/mol. The second-order valence-corrected chi connectivity index (χ2v) is 5.02. The van der Waals surface area contributed by atoms with Crippen molar-refractivity contribution in [2.24, 2.45) is 0 Å². The Labute approximate surface area is 139 Å². The van der Waals surface area contributed by atoms with Crippen molar-refractivity contribution in [3.8, 4) is 5.75 Å². The molecule has 8 heteroatoms. The second kappa shape index (κ2) is 8.66. The molecule has 24 heavy (non-hydrogen) atoms. The molecule has 3 N–H and O–H groups in total. The van der Waals surface area contributed by atoms with Gasteiger partial charge >= 0.3 is 6.03 Å². The fraction of sp³-hybridized carbons (Fsp3) is 0.312. The Bertz CT molecular complexity index is 669. The third-order valence-corrected chi connectivity index (χ3v) is 3.28. The summed E-state index contributed by atoms with van der Waals surface area (Å²) in [5, 5.41) is 8.42. The zero-order valence-corrected chi connectivity index (χ0v) is 13.5. The number of carbonyl (C=O) groups is 1. The molecule has 1 atom stereocenters. The summed E-state index contributed by atoms with van der Waals surface area (Å²) in [5.41, 5.74) is 0.652. The number of nitrogens with one attached hydrogen (secondary N) is 3. The molecule has 0 unspecified atom stereocenters. The number of methoxy groups -OCH3 is 1. The van der Waals surface area contributed by atoms with Crippen LogP contribution in [0, 0.1) is 5.82 Å². The molecule has 0 fully saturated rings. The molecule has 128 valence electrons. The van der Waals surface area contributed by atoms with Crippen molar-refractivity contribution < 1.29 is 13.9 Å². The van der Waals surface area contributed by atoms with Crippen LogP contribution in [0.5, 0.6) is 5.75 Å². The second-order valence-electron chi connectivity index (χ2n) is 5.02. The zero-order valence-electron chi connectivity index (χ0n) is 13.5. The van der Waals surface area contributed by atoms with Crippen LogP contribution in [-0.4, -0.2) is 36.2 Å². The lowest BCUT2D eigenvalue weighted by atomic mass is 10.1. The standard InChI is InChI=1S/C16H20FN5O2/c1-11(12-4-5-14(24-2)13(17)10-12)22-16(23)21-9-8-20-15-18-6-3-7-19-15/h3-7,10-11H,8-9H2,1-2H3,(H,18,19,20)(H2,21,22,23)/t11-/m0/s1. The summed E-state index contributed by atoms with van der Waals surface area (Å²) in [6, 6.07) is 5.63. The molecule has 2 aromatic rings. The van der Waals surface area contributed by atoms with Crippen molar-refractivity contribution >= 4 is 12.0 Å². The number of carbonyl (C=O) groups excluding carboxylic acids is 1. The first-order chi connectivity index (χ1) is 11.6. The van der Waals surface area contributed by atoms with Gasteiger partial charge in [-0.05, 0) is 30.7 Å². The molecule has 2 amide bonds. The smallest absolute Gasteiger partial charge is 0.315 e. The van der Waals surface area contributed by atoms with E-state index in [0.29, 0.717) is 24.6 Å². The highest BCUT2D eigenvalue weighted by Gasteiger charge is 2.12. The number of anilines is 1. The summed E-state index contributed by atoms with van der Waals surface area (Å²) >= 11 is 0. The number of urea groups is 1. The number of aromatic nitrogens is 2. The average Bonchev–Trinajstić information content (AvgIpc) is 2.59. The maximum atomic E-state index is 13.7. The molecular formula is C16H20FN5O2. The third-order valence-electron chi connectivity index (χ3n) is 3.28. The van der Waals surface area contributed by atoms with Crippen molar-refractivity contribution in [2.75, 3.05) is 25.5 Å². The zero-order chi connectivity index (χ0) is 17.4. The van der Waals surface area contributed by atoms with Crippen LogP contribution in [0.3, 0.4) is 0 Å². The Kier molecular flexibility index (Phi) is 6.30. The largest absolute Gasteiger partial charge is 0.494 e. The molecule has 0 radical (unpaired) electrons. The van der Waals surface area contributed by atoms with E-state index in [4.69, 9.17) is 4.74 Å². The number of hydrogen-bond donors (Lipinski definition) is 3. The molecule has 0 aliphatic rings. The van der Waals surface area contributed by atoms with Crippen molar-refractivity contribution in [2.45, 2.75) is 13.0 Å². The van der Waals surface area contributed by atoms with Gasteiger partial charge in [0, 0.05) is 25.5 Å². The van der Waals surface area contributed by atoms with E-state index in [1.54, 1.807) is 31.5 Å². The quantitative estimate of drug-likeness (QED) is 0.675. The Hall–Kier alpha value is -2.90. The number of benzene rings is 1. The molecule has 1 aromatic heterocycles. The van der Waals surface area contributed by atoms with Crippen molar-refractivity contribution in [3.63, 3.8) is 0 Å². The van der Waals surface area contributed by atoms with Crippen LogP contribution in [0.25, 0.3) is 0 Å². The molecule has 7 nitrogen and oxygen atoms in total. The molecule has 1 aromatic carbocycles. The van der Waals surface area contributed by atoms with Crippen LogP contribution < -0.4 is 20.7 Å². The lowest BCUT2D eigenvalue weighted by molar-refractivity contribution is 0.238. The molecule has 2 rings (SSSR count). The first-order valence-electron chi connectivity index (χ1n) is 7.49. The summed E-state index contributed by atoms with van der Waals surface area (Å²) in [4.78, 5) is 19.9. The molecule has 0 aliphatic heterocycles. The monoisotopic (exact) mass is 333 g/mol. The topological polar surface area (TPSA) is 88.2 Å². The first-order valence-corrected chi connectivity index (χ1v) is 7.49. The van der Waals surface area contributed by atoms with Crippen LogP contribution in [0.4, 0.5) is 15.1 Å². The Morgan fingerprint density at radius 1 is 1.29 bits per heavy atom. The van der Waals surface area contributed by atoms with Gasteiger partial charge in [-0.2, -0.15) is 0 Å². The summed E-state index contributed by atoms with van der Waals surface area (Å²) < 4.78 is 18.6. The lowest BCUT2D eigenvalue weighted by Crippen LogP contribution is -2.39. The number of ether oxygens (including phenoxy) is 1. The van der Waals surface area contributed by atoms with Crippen LogP contribution in [-0.2, 0) is 0 Å². The predicted octanol–water partition coefficient (Wildman–Crippen LogP) is 2.10. The maximum absolute atomic E-state index is 13.7. The molecule has 0 saturated heterocycles. The Morgan fingerprint density at radius 2 is 2.04 bits per heavy atom. The van der Waals surface area contributed by atoms with Gasteiger partial charge in [0.05, 0.1) is 13.2 Å². The van der Waals surface area contributed by atoms with Crippen molar-refractivity contribution in [3.05, 3.63) is 48.0 Å². The fourth-order valence-electron chi connectivity index (χ4n) is 2.02. The minimum absolute atomic E-state index is 0.171. The van der Waals surface area contributed by atoms with Crippen molar-refractivity contribution in [1.29, 1.82) is 0 Å². The van der Waals surface area contributed by atoms with E-state index in [2.05, 4.69) is 25.9 Å². The van der Waals surface area contributed by atoms with Gasteiger partial charge in [0.25, 0.3) is 0 Å². The van der Waals surface area contributed by atoms with Crippen molar-refractivity contribution in [1.82, 2.24) is 20.6 Å². The van der Waals surface area contributed by atoms with E-state index in [1.165, 1.54) is 19.2 Å². The highest BCUT2D eigenvalue weighted by Crippen LogP contribution is 2.21. The van der Waals surface area contributed by atoms with Crippen LogP contribution in [0.1, 0.15) is 18.5 Å². The van der Waals surface area contributed by atoms with E-state index >= 15 is 0 Å². The van der Waals surface area contributed by atoms with Gasteiger partial charge in [0.2, 0.25) is 5.95 Å². The van der Waals surface area contributed by atoms with Gasteiger partial charge in [-0.1, -0.05) is 6.07 Å². The van der Waals surface area contributed by atoms with Gasteiger partial charge in [-0.25, -0.2) is 19.2 Å². The summed E-state index contributed by atoms with van der Waals surface area (Å²) in [6.45, 7) is 2.66. The van der Waals surface area contributed by atoms with Gasteiger partial charge in [-0.15, -0.1) is 0 Å². The van der Waals surface area contributed by atoms with E-state index in [1.807, 2.05) is 0 Å². The van der Waals surface area contributed by atoms with Gasteiger partial charge in [0.1, 0.15) is 0 Å². The minimum atomic E-state index is -0.462. The summed E-state index contributed by atoms with van der Waals surface area (Å²) in [6.07, 6.45) is 3.26. The molecule has 0 saturated carbocycles. The third kappa shape index (κ3) is 5.08. The Morgan fingerprint density at radius 3 is 2.71 bits per heavy atom. The molecular weight excluding hydrogens is 313 g/mol.